The Morgan fingerprint density at radius 1 is 1.32 bits per heavy atom. The second kappa shape index (κ2) is 5.13. The van der Waals surface area contributed by atoms with Crippen LogP contribution >= 0.6 is 0 Å². The maximum atomic E-state index is 4.46. The van der Waals surface area contributed by atoms with E-state index in [1.807, 2.05) is 20.3 Å². The van der Waals surface area contributed by atoms with Crippen molar-refractivity contribution in [2.75, 3.05) is 31.6 Å². The van der Waals surface area contributed by atoms with E-state index < -0.39 is 0 Å². The summed E-state index contributed by atoms with van der Waals surface area (Å²) >= 11 is 0. The molecule has 2 aromatic rings. The maximum absolute atomic E-state index is 4.46. The molecule has 3 rings (SSSR count). The quantitative estimate of drug-likeness (QED) is 0.884. The minimum atomic E-state index is 0.785. The normalized spacial score (nSPS) is 17.3. The van der Waals surface area contributed by atoms with Crippen molar-refractivity contribution in [2.45, 2.75) is 12.8 Å². The van der Waals surface area contributed by atoms with E-state index in [-0.39, 0.29) is 0 Å². The lowest BCUT2D eigenvalue weighted by Crippen LogP contribution is -2.37. The average molecular weight is 260 g/mol. The fraction of sp³-hybridized carbons (Fsp3) is 0.615. The van der Waals surface area contributed by atoms with Gasteiger partial charge in [-0.05, 0) is 32.4 Å². The number of hydrogen-bond donors (Lipinski definition) is 1. The molecule has 0 bridgehead atoms. The summed E-state index contributed by atoms with van der Waals surface area (Å²) in [7, 11) is 3.94. The molecule has 1 fully saturated rings. The Kier molecular flexibility index (Phi) is 3.33. The SMILES string of the molecule is CNCC1CCN(c2ncnc3c2cnn3C)CC1. The first-order valence-electron chi connectivity index (χ1n) is 6.82. The first-order valence-corrected chi connectivity index (χ1v) is 6.82. The highest BCUT2D eigenvalue weighted by atomic mass is 15.3. The van der Waals surface area contributed by atoms with Gasteiger partial charge >= 0.3 is 0 Å². The van der Waals surface area contributed by atoms with Gasteiger partial charge in [0.1, 0.15) is 12.1 Å². The Morgan fingerprint density at radius 3 is 2.84 bits per heavy atom. The minimum absolute atomic E-state index is 0.785. The molecule has 3 heterocycles. The molecule has 0 unspecified atom stereocenters. The molecule has 0 aliphatic carbocycles. The Bertz CT molecular complexity index is 555. The van der Waals surface area contributed by atoms with Gasteiger partial charge < -0.3 is 10.2 Å². The van der Waals surface area contributed by atoms with E-state index in [1.165, 1.54) is 12.8 Å². The molecule has 0 saturated carbocycles. The molecule has 1 aliphatic rings. The third kappa shape index (κ3) is 2.28. The van der Waals surface area contributed by atoms with Crippen LogP contribution in [0.3, 0.4) is 0 Å². The number of nitrogens with zero attached hydrogens (tertiary/aromatic N) is 5. The van der Waals surface area contributed by atoms with Gasteiger partial charge in [0.25, 0.3) is 0 Å². The first-order chi connectivity index (χ1) is 9.29. The summed E-state index contributed by atoms with van der Waals surface area (Å²) in [6, 6.07) is 0. The maximum Gasteiger partial charge on any atom is 0.163 e. The summed E-state index contributed by atoms with van der Waals surface area (Å²) < 4.78 is 1.80. The van der Waals surface area contributed by atoms with Crippen LogP contribution in [-0.2, 0) is 7.05 Å². The van der Waals surface area contributed by atoms with Gasteiger partial charge in [0, 0.05) is 20.1 Å². The van der Waals surface area contributed by atoms with Crippen molar-refractivity contribution in [1.29, 1.82) is 0 Å². The zero-order valence-electron chi connectivity index (χ0n) is 11.5. The lowest BCUT2D eigenvalue weighted by Gasteiger charge is -2.32. The lowest BCUT2D eigenvalue weighted by molar-refractivity contribution is 0.392. The fourth-order valence-corrected chi connectivity index (χ4v) is 2.84. The average Bonchev–Trinajstić information content (AvgIpc) is 2.82. The number of aryl methyl sites for hydroxylation is 1. The van der Waals surface area contributed by atoms with Crippen LogP contribution in [0, 0.1) is 5.92 Å². The van der Waals surface area contributed by atoms with Crippen LogP contribution < -0.4 is 10.2 Å². The number of aromatic nitrogens is 4. The molecular weight excluding hydrogens is 240 g/mol. The molecular formula is C13H20N6. The Morgan fingerprint density at radius 2 is 2.11 bits per heavy atom. The van der Waals surface area contributed by atoms with Gasteiger partial charge in [-0.25, -0.2) is 9.97 Å². The van der Waals surface area contributed by atoms with Crippen LogP contribution in [0.4, 0.5) is 5.82 Å². The highest BCUT2D eigenvalue weighted by molar-refractivity contribution is 5.86. The van der Waals surface area contributed by atoms with E-state index in [2.05, 4.69) is 25.3 Å². The second-order valence-corrected chi connectivity index (χ2v) is 5.19. The molecule has 6 heteroatoms. The van der Waals surface area contributed by atoms with Gasteiger partial charge in [0.05, 0.1) is 11.6 Å². The number of anilines is 1. The number of piperidine rings is 1. The summed E-state index contributed by atoms with van der Waals surface area (Å²) in [5.41, 5.74) is 0.905. The summed E-state index contributed by atoms with van der Waals surface area (Å²) in [6.07, 6.45) is 5.93. The van der Waals surface area contributed by atoms with Crippen molar-refractivity contribution in [2.24, 2.45) is 13.0 Å². The smallest absolute Gasteiger partial charge is 0.163 e. The van der Waals surface area contributed by atoms with Gasteiger partial charge in [-0.2, -0.15) is 5.10 Å². The van der Waals surface area contributed by atoms with Gasteiger partial charge in [0.15, 0.2) is 5.65 Å². The van der Waals surface area contributed by atoms with Gasteiger partial charge in [-0.1, -0.05) is 0 Å². The van der Waals surface area contributed by atoms with Crippen LogP contribution in [0.2, 0.25) is 0 Å². The third-order valence-corrected chi connectivity index (χ3v) is 3.92. The van der Waals surface area contributed by atoms with E-state index in [4.69, 9.17) is 0 Å². The van der Waals surface area contributed by atoms with E-state index in [0.717, 1.165) is 42.4 Å². The van der Waals surface area contributed by atoms with Gasteiger partial charge in [0.2, 0.25) is 0 Å². The lowest BCUT2D eigenvalue weighted by atomic mass is 9.97. The number of nitrogens with one attached hydrogen (secondary N) is 1. The van der Waals surface area contributed by atoms with Crippen molar-refractivity contribution in [3.63, 3.8) is 0 Å². The van der Waals surface area contributed by atoms with Crippen molar-refractivity contribution in [1.82, 2.24) is 25.1 Å². The molecule has 1 aliphatic heterocycles. The zero-order valence-corrected chi connectivity index (χ0v) is 11.5. The predicted molar refractivity (Wildman–Crippen MR) is 75.2 cm³/mol. The second-order valence-electron chi connectivity index (χ2n) is 5.19. The van der Waals surface area contributed by atoms with E-state index in [1.54, 1.807) is 11.0 Å². The van der Waals surface area contributed by atoms with Crippen molar-refractivity contribution in [3.8, 4) is 0 Å². The summed E-state index contributed by atoms with van der Waals surface area (Å²) in [5.74, 6) is 1.81. The van der Waals surface area contributed by atoms with Crippen LogP contribution in [0.15, 0.2) is 12.5 Å². The first kappa shape index (κ1) is 12.3. The highest BCUT2D eigenvalue weighted by Gasteiger charge is 2.21. The zero-order chi connectivity index (χ0) is 13.2. The number of hydrogen-bond acceptors (Lipinski definition) is 5. The molecule has 6 nitrogen and oxygen atoms in total. The largest absolute Gasteiger partial charge is 0.356 e. The van der Waals surface area contributed by atoms with Crippen LogP contribution in [-0.4, -0.2) is 46.4 Å². The molecule has 0 amide bonds. The monoisotopic (exact) mass is 260 g/mol. The molecule has 1 N–H and O–H groups in total. The van der Waals surface area contributed by atoms with Gasteiger partial charge in [-0.15, -0.1) is 0 Å². The molecule has 102 valence electrons. The van der Waals surface area contributed by atoms with Crippen LogP contribution in [0.25, 0.3) is 11.0 Å². The van der Waals surface area contributed by atoms with Gasteiger partial charge in [-0.3, -0.25) is 4.68 Å². The van der Waals surface area contributed by atoms with E-state index in [0.29, 0.717) is 0 Å². The van der Waals surface area contributed by atoms with E-state index in [9.17, 15) is 0 Å². The topological polar surface area (TPSA) is 58.9 Å². The predicted octanol–water partition coefficient (Wildman–Crippen LogP) is 0.799. The Labute approximate surface area is 112 Å². The molecule has 19 heavy (non-hydrogen) atoms. The van der Waals surface area contributed by atoms with Crippen LogP contribution in [0.1, 0.15) is 12.8 Å². The number of fused-ring (bicyclic) bond motifs is 1. The summed E-state index contributed by atoms with van der Waals surface area (Å²) in [6.45, 7) is 3.24. The van der Waals surface area contributed by atoms with Crippen molar-refractivity contribution < 1.29 is 0 Å². The Balaban J connectivity index is 1.82. The molecule has 0 aromatic carbocycles. The molecule has 0 spiro atoms. The Hall–Kier alpha value is -1.69. The molecule has 0 atom stereocenters. The molecule has 1 saturated heterocycles. The van der Waals surface area contributed by atoms with Crippen LogP contribution in [0.5, 0.6) is 0 Å². The minimum Gasteiger partial charge on any atom is -0.356 e. The summed E-state index contributed by atoms with van der Waals surface area (Å²) in [4.78, 5) is 11.1. The molecule has 2 aromatic heterocycles. The van der Waals surface area contributed by atoms with E-state index >= 15 is 0 Å². The van der Waals surface area contributed by atoms with Crippen molar-refractivity contribution >= 4 is 16.9 Å². The third-order valence-electron chi connectivity index (χ3n) is 3.92. The standard InChI is InChI=1S/C13H20N6/c1-14-7-10-3-5-19(6-4-10)13-11-8-17-18(2)12(11)15-9-16-13/h8-10,14H,3-7H2,1-2H3. The fourth-order valence-electron chi connectivity index (χ4n) is 2.84. The number of rotatable bonds is 3. The van der Waals surface area contributed by atoms with Crippen molar-refractivity contribution in [3.05, 3.63) is 12.5 Å². The molecule has 0 radical (unpaired) electrons. The summed E-state index contributed by atoms with van der Waals surface area (Å²) in [5, 5.41) is 8.59. The highest BCUT2D eigenvalue weighted by Crippen LogP contribution is 2.26.